The lowest BCUT2D eigenvalue weighted by molar-refractivity contribution is 0.0283. The van der Waals surface area contributed by atoms with Gasteiger partial charge in [0.05, 0.1) is 39.3 Å². The van der Waals surface area contributed by atoms with E-state index in [1.165, 1.54) is 0 Å². The van der Waals surface area contributed by atoms with E-state index in [-0.39, 0.29) is 30.5 Å². The van der Waals surface area contributed by atoms with E-state index in [1.54, 1.807) is 60.3 Å². The molecule has 2 amide bonds. The van der Waals surface area contributed by atoms with Gasteiger partial charge in [0.2, 0.25) is 5.88 Å². The average Bonchev–Trinajstić information content (AvgIpc) is 3.43. The van der Waals surface area contributed by atoms with Crippen molar-refractivity contribution >= 4 is 38.9 Å². The zero-order chi connectivity index (χ0) is 27.9. The second kappa shape index (κ2) is 10.5. The van der Waals surface area contributed by atoms with Crippen LogP contribution in [0.2, 0.25) is 0 Å². The molecule has 1 aliphatic rings. The summed E-state index contributed by atoms with van der Waals surface area (Å²) in [5, 5.41) is 17.3. The Morgan fingerprint density at radius 1 is 1.21 bits per heavy atom. The summed E-state index contributed by atoms with van der Waals surface area (Å²) in [7, 11) is 0. The van der Waals surface area contributed by atoms with Crippen molar-refractivity contribution in [3.63, 3.8) is 0 Å². The smallest absolute Gasteiger partial charge is 0.255 e. The number of aliphatic hydroxyl groups is 1. The molecule has 0 aliphatic heterocycles. The molecule has 1 fully saturated rings. The summed E-state index contributed by atoms with van der Waals surface area (Å²) in [6.45, 7) is 7.52. The van der Waals surface area contributed by atoms with Crippen molar-refractivity contribution in [1.82, 2.24) is 19.9 Å². The Kier molecular flexibility index (Phi) is 7.21. The summed E-state index contributed by atoms with van der Waals surface area (Å²) in [6, 6.07) is 5.31. The highest BCUT2D eigenvalue weighted by atomic mass is 32.1. The lowest BCUT2D eigenvalue weighted by Gasteiger charge is -2.29. The first kappa shape index (κ1) is 26.9. The topological polar surface area (TPSA) is 141 Å². The maximum Gasteiger partial charge on any atom is 0.255 e. The number of pyridine rings is 2. The molecule has 206 valence electrons. The number of fused-ring (bicyclic) bond motifs is 2. The van der Waals surface area contributed by atoms with Crippen LogP contribution in [0.15, 0.2) is 30.6 Å². The van der Waals surface area contributed by atoms with Crippen LogP contribution in [-0.2, 0) is 0 Å². The maximum absolute atomic E-state index is 13.1. The molecule has 1 saturated carbocycles. The van der Waals surface area contributed by atoms with Gasteiger partial charge in [-0.25, -0.2) is 9.50 Å². The maximum atomic E-state index is 13.1. The third-order valence-corrected chi connectivity index (χ3v) is 8.12. The van der Waals surface area contributed by atoms with E-state index in [0.717, 1.165) is 33.5 Å². The van der Waals surface area contributed by atoms with Crippen molar-refractivity contribution < 1.29 is 24.2 Å². The number of hydrogen-bond donors (Lipinski definition) is 3. The molecular formula is C28H33N5O5S. The predicted octanol–water partition coefficient (Wildman–Crippen LogP) is 3.93. The van der Waals surface area contributed by atoms with Crippen LogP contribution >= 0.6 is 11.3 Å². The van der Waals surface area contributed by atoms with E-state index >= 15 is 0 Å². The van der Waals surface area contributed by atoms with E-state index < -0.39 is 11.5 Å². The molecule has 4 heterocycles. The first-order valence-electron chi connectivity index (χ1n) is 13.0. The summed E-state index contributed by atoms with van der Waals surface area (Å²) in [5.41, 5.74) is 8.03. The van der Waals surface area contributed by atoms with Crippen LogP contribution in [0.5, 0.6) is 11.6 Å². The zero-order valence-corrected chi connectivity index (χ0v) is 23.3. The van der Waals surface area contributed by atoms with Crippen molar-refractivity contribution in [3.05, 3.63) is 52.2 Å². The number of primary amides is 1. The van der Waals surface area contributed by atoms with E-state index in [1.807, 2.05) is 13.8 Å². The van der Waals surface area contributed by atoms with E-state index in [0.29, 0.717) is 35.2 Å². The van der Waals surface area contributed by atoms with Crippen molar-refractivity contribution in [2.45, 2.75) is 71.1 Å². The molecule has 11 heteroatoms. The van der Waals surface area contributed by atoms with Gasteiger partial charge >= 0.3 is 0 Å². The molecule has 0 spiro atoms. The number of nitrogens with two attached hydrogens (primary N) is 1. The summed E-state index contributed by atoms with van der Waals surface area (Å²) < 4.78 is 14.3. The molecule has 0 atom stereocenters. The molecule has 4 N–H and O–H groups in total. The van der Waals surface area contributed by atoms with Gasteiger partial charge in [0, 0.05) is 10.9 Å². The molecule has 4 aromatic rings. The van der Waals surface area contributed by atoms with Crippen LogP contribution in [-0.4, -0.2) is 55.9 Å². The zero-order valence-electron chi connectivity index (χ0n) is 22.5. The largest absolute Gasteiger partial charge is 0.489 e. The van der Waals surface area contributed by atoms with Crippen molar-refractivity contribution in [3.8, 4) is 11.6 Å². The van der Waals surface area contributed by atoms with Gasteiger partial charge in [-0.05, 0) is 77.1 Å². The highest BCUT2D eigenvalue weighted by molar-refractivity contribution is 7.19. The number of carbonyl (C=O) groups is 2. The summed E-state index contributed by atoms with van der Waals surface area (Å²) >= 11 is 1.59. The number of aromatic nitrogens is 3. The third-order valence-electron chi connectivity index (χ3n) is 6.98. The Morgan fingerprint density at radius 3 is 2.64 bits per heavy atom. The first-order chi connectivity index (χ1) is 18.5. The Hall–Kier alpha value is -3.70. The molecule has 5 rings (SSSR count). The number of ether oxygens (including phenoxy) is 2. The fraction of sp³-hybridized carbons (Fsp3) is 0.429. The van der Waals surface area contributed by atoms with Crippen LogP contribution in [0.3, 0.4) is 0 Å². The lowest BCUT2D eigenvalue weighted by atomic mass is 9.92. The lowest BCUT2D eigenvalue weighted by Crippen LogP contribution is -2.39. The van der Waals surface area contributed by atoms with Gasteiger partial charge in [-0.15, -0.1) is 11.3 Å². The van der Waals surface area contributed by atoms with E-state index in [9.17, 15) is 14.7 Å². The van der Waals surface area contributed by atoms with Gasteiger partial charge in [-0.1, -0.05) is 0 Å². The second-order valence-corrected chi connectivity index (χ2v) is 12.0. The Labute approximate surface area is 230 Å². The molecule has 1 aliphatic carbocycles. The molecular weight excluding hydrogens is 518 g/mol. The molecule has 0 unspecified atom stereocenters. The Bertz CT molecular complexity index is 1550. The molecule has 0 aromatic carbocycles. The second-order valence-electron chi connectivity index (χ2n) is 10.8. The first-order valence-corrected chi connectivity index (χ1v) is 13.8. The monoisotopic (exact) mass is 551 g/mol. The average molecular weight is 552 g/mol. The van der Waals surface area contributed by atoms with Crippen molar-refractivity contribution in [2.75, 3.05) is 6.61 Å². The van der Waals surface area contributed by atoms with Gasteiger partial charge < -0.3 is 25.6 Å². The highest BCUT2D eigenvalue weighted by Gasteiger charge is 2.27. The molecule has 10 nitrogen and oxygen atoms in total. The van der Waals surface area contributed by atoms with Gasteiger partial charge in [-0.3, -0.25) is 9.59 Å². The number of thiophene rings is 1. The standard InChI is InChI=1S/C28H33N5O5S/c1-15-16(2)39-23-11-20(25(29)34)27(32-24(15)23)38-18-7-5-17(6-8-18)31-26(35)21-12-30-33-13-19(9-10-22(21)33)37-14-28(3,4)36/h9-13,17-18,36H,5-8,14H2,1-4H3,(H2,29,34)(H,31,35). The quantitative estimate of drug-likeness (QED) is 0.301. The van der Waals surface area contributed by atoms with Crippen LogP contribution in [0.1, 0.15) is 70.7 Å². The van der Waals surface area contributed by atoms with Crippen LogP contribution < -0.4 is 20.5 Å². The molecule has 4 aromatic heterocycles. The Morgan fingerprint density at radius 2 is 1.95 bits per heavy atom. The summed E-state index contributed by atoms with van der Waals surface area (Å²) in [6.07, 6.45) is 5.99. The normalized spacial score (nSPS) is 17.9. The Balaban J connectivity index is 1.21. The van der Waals surface area contributed by atoms with Crippen LogP contribution in [0.4, 0.5) is 0 Å². The minimum atomic E-state index is -0.954. The number of amides is 2. The van der Waals surface area contributed by atoms with Gasteiger partial charge in [0.15, 0.2) is 0 Å². The molecule has 39 heavy (non-hydrogen) atoms. The number of rotatable bonds is 8. The minimum absolute atomic E-state index is 0.00508. The van der Waals surface area contributed by atoms with Gasteiger partial charge in [0.25, 0.3) is 11.8 Å². The van der Waals surface area contributed by atoms with Crippen LogP contribution in [0, 0.1) is 13.8 Å². The fourth-order valence-corrected chi connectivity index (χ4v) is 5.78. The van der Waals surface area contributed by atoms with E-state index in [4.69, 9.17) is 15.2 Å². The molecule has 0 saturated heterocycles. The molecule has 0 bridgehead atoms. The van der Waals surface area contributed by atoms with Crippen LogP contribution in [0.25, 0.3) is 15.7 Å². The summed E-state index contributed by atoms with van der Waals surface area (Å²) in [4.78, 5) is 31.0. The highest BCUT2D eigenvalue weighted by Crippen LogP contribution is 2.34. The number of nitrogens with one attached hydrogen (secondary N) is 1. The van der Waals surface area contributed by atoms with Crippen molar-refractivity contribution in [1.29, 1.82) is 0 Å². The SMILES string of the molecule is Cc1sc2cc(C(N)=O)c(OC3CCC(NC(=O)c4cnn5cc(OCC(C)(C)O)ccc45)CC3)nc2c1C. The minimum Gasteiger partial charge on any atom is -0.489 e. The fourth-order valence-electron chi connectivity index (χ4n) is 4.73. The number of hydrogen-bond acceptors (Lipinski definition) is 8. The van der Waals surface area contributed by atoms with Gasteiger partial charge in [0.1, 0.15) is 24.0 Å². The number of carbonyl (C=O) groups excluding carboxylic acids is 2. The van der Waals surface area contributed by atoms with E-state index in [2.05, 4.69) is 15.4 Å². The van der Waals surface area contributed by atoms with Crippen molar-refractivity contribution in [2.24, 2.45) is 5.73 Å². The molecule has 0 radical (unpaired) electrons. The number of aryl methyl sites for hydroxylation is 2. The predicted molar refractivity (Wildman–Crippen MR) is 149 cm³/mol. The number of nitrogens with zero attached hydrogens (tertiary/aromatic N) is 3. The third kappa shape index (κ3) is 5.84. The summed E-state index contributed by atoms with van der Waals surface area (Å²) in [5.74, 6) is 0.0791. The van der Waals surface area contributed by atoms with Gasteiger partial charge in [-0.2, -0.15) is 5.10 Å².